The summed E-state index contributed by atoms with van der Waals surface area (Å²) in [6.45, 7) is 5.44. The fraction of sp³-hybridized carbons (Fsp3) is 0.333. The van der Waals surface area contributed by atoms with Gasteiger partial charge in [-0.25, -0.2) is 9.78 Å². The minimum Gasteiger partial charge on any atom is -0.444 e. The topological polar surface area (TPSA) is 67.0 Å². The molecule has 1 aromatic carbocycles. The second kappa shape index (κ2) is 4.75. The van der Waals surface area contributed by atoms with E-state index in [0.29, 0.717) is 5.95 Å². The summed E-state index contributed by atoms with van der Waals surface area (Å²) in [7, 11) is 0. The van der Waals surface area contributed by atoms with Crippen LogP contribution in [0.2, 0.25) is 0 Å². The fourth-order valence-electron chi connectivity index (χ4n) is 1.44. The van der Waals surface area contributed by atoms with Gasteiger partial charge in [0.1, 0.15) is 5.60 Å². The number of halogens is 1. The van der Waals surface area contributed by atoms with E-state index >= 15 is 0 Å². The minimum absolute atomic E-state index is 0.390. The number of nitrogens with one attached hydrogen (secondary N) is 2. The fourth-order valence-corrected chi connectivity index (χ4v) is 1.93. The third kappa shape index (κ3) is 3.34. The number of rotatable bonds is 1. The predicted molar refractivity (Wildman–Crippen MR) is 78.7 cm³/mol. The van der Waals surface area contributed by atoms with Crippen LogP contribution in [0.1, 0.15) is 20.8 Å². The van der Waals surface area contributed by atoms with Gasteiger partial charge in [0.25, 0.3) is 0 Å². The first kappa shape index (κ1) is 13.1. The van der Waals surface area contributed by atoms with Crippen molar-refractivity contribution in [3.8, 4) is 0 Å². The molecule has 0 aliphatic rings. The Kier molecular flexibility index (Phi) is 3.47. The van der Waals surface area contributed by atoms with Crippen molar-refractivity contribution < 1.29 is 9.53 Å². The van der Waals surface area contributed by atoms with Crippen LogP contribution in [-0.2, 0) is 4.74 Å². The molecule has 5 nitrogen and oxygen atoms in total. The van der Waals surface area contributed by atoms with Crippen molar-refractivity contribution in [3.05, 3.63) is 21.8 Å². The molecule has 0 atom stereocenters. The highest BCUT2D eigenvalue weighted by atomic mass is 127. The number of amides is 1. The van der Waals surface area contributed by atoms with Crippen LogP contribution in [0.5, 0.6) is 0 Å². The molecular weight excluding hydrogens is 345 g/mol. The highest BCUT2D eigenvalue weighted by Gasteiger charge is 2.17. The molecule has 0 spiro atoms. The molecule has 1 heterocycles. The summed E-state index contributed by atoms with van der Waals surface area (Å²) < 4.78 is 6.25. The molecule has 96 valence electrons. The van der Waals surface area contributed by atoms with Gasteiger partial charge in [0.05, 0.1) is 11.0 Å². The Labute approximate surface area is 118 Å². The van der Waals surface area contributed by atoms with Crippen molar-refractivity contribution in [2.75, 3.05) is 5.32 Å². The van der Waals surface area contributed by atoms with E-state index in [1.165, 1.54) is 0 Å². The van der Waals surface area contributed by atoms with E-state index in [4.69, 9.17) is 4.74 Å². The summed E-state index contributed by atoms with van der Waals surface area (Å²) in [4.78, 5) is 18.9. The summed E-state index contributed by atoms with van der Waals surface area (Å²) in [5, 5.41) is 2.58. The number of aromatic nitrogens is 2. The number of carbonyl (C=O) groups excluding carboxylic acids is 1. The zero-order chi connectivity index (χ0) is 13.3. The summed E-state index contributed by atoms with van der Waals surface area (Å²) in [6.07, 6.45) is -0.517. The van der Waals surface area contributed by atoms with Crippen LogP contribution in [0.25, 0.3) is 11.0 Å². The molecule has 18 heavy (non-hydrogen) atoms. The summed E-state index contributed by atoms with van der Waals surface area (Å²) >= 11 is 2.22. The molecule has 6 heteroatoms. The molecule has 0 aliphatic carbocycles. The van der Waals surface area contributed by atoms with Gasteiger partial charge in [0.15, 0.2) is 0 Å². The van der Waals surface area contributed by atoms with Crippen LogP contribution < -0.4 is 5.32 Å². The number of fused-ring (bicyclic) bond motifs is 1. The van der Waals surface area contributed by atoms with Gasteiger partial charge in [0, 0.05) is 3.57 Å². The maximum atomic E-state index is 11.6. The highest BCUT2D eigenvalue weighted by molar-refractivity contribution is 14.1. The molecule has 2 N–H and O–H groups in total. The molecular formula is C12H14IN3O2. The first-order valence-electron chi connectivity index (χ1n) is 5.49. The molecule has 0 unspecified atom stereocenters. The summed E-state index contributed by atoms with van der Waals surface area (Å²) in [6, 6.07) is 5.82. The molecule has 2 aromatic rings. The van der Waals surface area contributed by atoms with Gasteiger partial charge in [-0.1, -0.05) is 0 Å². The van der Waals surface area contributed by atoms with E-state index in [0.717, 1.165) is 14.6 Å². The maximum absolute atomic E-state index is 11.6. The number of hydrogen-bond acceptors (Lipinski definition) is 3. The van der Waals surface area contributed by atoms with E-state index < -0.39 is 11.7 Å². The number of hydrogen-bond donors (Lipinski definition) is 2. The monoisotopic (exact) mass is 359 g/mol. The first-order chi connectivity index (χ1) is 8.33. The van der Waals surface area contributed by atoms with Crippen LogP contribution in [0.15, 0.2) is 18.2 Å². The Morgan fingerprint density at radius 2 is 2.17 bits per heavy atom. The molecule has 0 saturated carbocycles. The summed E-state index contributed by atoms with van der Waals surface area (Å²) in [5.41, 5.74) is 1.17. The number of carbonyl (C=O) groups is 1. The van der Waals surface area contributed by atoms with E-state index in [1.807, 2.05) is 39.0 Å². The Balaban J connectivity index is 2.15. The van der Waals surface area contributed by atoms with E-state index in [2.05, 4.69) is 37.9 Å². The lowest BCUT2D eigenvalue weighted by atomic mass is 10.2. The Morgan fingerprint density at radius 3 is 2.83 bits per heavy atom. The average molecular weight is 359 g/mol. The largest absolute Gasteiger partial charge is 0.444 e. The first-order valence-corrected chi connectivity index (χ1v) is 6.57. The number of benzene rings is 1. The van der Waals surface area contributed by atoms with Crippen LogP contribution in [0.4, 0.5) is 10.7 Å². The van der Waals surface area contributed by atoms with Crippen molar-refractivity contribution in [2.24, 2.45) is 0 Å². The van der Waals surface area contributed by atoms with Gasteiger partial charge in [-0.3, -0.25) is 5.32 Å². The highest BCUT2D eigenvalue weighted by Crippen LogP contribution is 2.17. The number of aromatic amines is 1. The lowest BCUT2D eigenvalue weighted by Gasteiger charge is -2.18. The number of anilines is 1. The van der Waals surface area contributed by atoms with E-state index in [9.17, 15) is 4.79 Å². The number of ether oxygens (including phenoxy) is 1. The van der Waals surface area contributed by atoms with Crippen LogP contribution in [0.3, 0.4) is 0 Å². The summed E-state index contributed by atoms with van der Waals surface area (Å²) in [5.74, 6) is 0.390. The smallest absolute Gasteiger partial charge is 0.414 e. The van der Waals surface area contributed by atoms with E-state index in [-0.39, 0.29) is 0 Å². The van der Waals surface area contributed by atoms with Gasteiger partial charge in [-0.05, 0) is 61.6 Å². The molecule has 1 amide bonds. The normalized spacial score (nSPS) is 11.6. The average Bonchev–Trinajstić information content (AvgIpc) is 2.55. The Bertz CT molecular complexity index is 587. The zero-order valence-electron chi connectivity index (χ0n) is 10.4. The second-order valence-electron chi connectivity index (χ2n) is 4.87. The van der Waals surface area contributed by atoms with Gasteiger partial charge in [-0.15, -0.1) is 0 Å². The Morgan fingerprint density at radius 1 is 1.44 bits per heavy atom. The van der Waals surface area contributed by atoms with Crippen LogP contribution in [0, 0.1) is 3.57 Å². The standard InChI is InChI=1S/C12H14IN3O2/c1-12(2,3)18-11(17)16-10-14-8-5-4-7(13)6-9(8)15-10/h4-6H,1-3H3,(H2,14,15,16,17). The van der Waals surface area contributed by atoms with Crippen molar-refractivity contribution in [1.29, 1.82) is 0 Å². The van der Waals surface area contributed by atoms with Gasteiger partial charge < -0.3 is 9.72 Å². The SMILES string of the molecule is CC(C)(C)OC(=O)Nc1nc2ccc(I)cc2[nH]1. The zero-order valence-corrected chi connectivity index (χ0v) is 12.5. The molecule has 0 saturated heterocycles. The third-order valence-corrected chi connectivity index (χ3v) is 2.73. The maximum Gasteiger partial charge on any atom is 0.414 e. The van der Waals surface area contributed by atoms with Gasteiger partial charge >= 0.3 is 6.09 Å². The minimum atomic E-state index is -0.522. The lowest BCUT2D eigenvalue weighted by Crippen LogP contribution is -2.27. The third-order valence-electron chi connectivity index (χ3n) is 2.06. The van der Waals surface area contributed by atoms with Crippen molar-refractivity contribution in [2.45, 2.75) is 26.4 Å². The quantitative estimate of drug-likeness (QED) is 0.766. The predicted octanol–water partition coefficient (Wildman–Crippen LogP) is 3.51. The van der Waals surface area contributed by atoms with Crippen LogP contribution in [-0.4, -0.2) is 21.7 Å². The van der Waals surface area contributed by atoms with Crippen molar-refractivity contribution >= 4 is 45.7 Å². The molecule has 1 aromatic heterocycles. The number of H-pyrrole nitrogens is 1. The molecule has 0 bridgehead atoms. The number of nitrogens with zero attached hydrogens (tertiary/aromatic N) is 1. The molecule has 0 radical (unpaired) electrons. The lowest BCUT2D eigenvalue weighted by molar-refractivity contribution is 0.0635. The number of imidazole rings is 1. The molecule has 2 rings (SSSR count). The van der Waals surface area contributed by atoms with Gasteiger partial charge in [0.2, 0.25) is 5.95 Å². The molecule has 0 fully saturated rings. The second-order valence-corrected chi connectivity index (χ2v) is 6.12. The molecule has 0 aliphatic heterocycles. The van der Waals surface area contributed by atoms with Crippen molar-refractivity contribution in [1.82, 2.24) is 9.97 Å². The van der Waals surface area contributed by atoms with Crippen LogP contribution >= 0.6 is 22.6 Å². The van der Waals surface area contributed by atoms with E-state index in [1.54, 1.807) is 0 Å². The Hall–Kier alpha value is -1.31. The van der Waals surface area contributed by atoms with Gasteiger partial charge in [-0.2, -0.15) is 0 Å². The van der Waals surface area contributed by atoms with Crippen molar-refractivity contribution in [3.63, 3.8) is 0 Å².